The molecule has 4 aliphatic rings. The van der Waals surface area contributed by atoms with Gasteiger partial charge >= 0.3 is 0 Å². The van der Waals surface area contributed by atoms with Crippen molar-refractivity contribution in [3.63, 3.8) is 0 Å². The molecule has 18 unspecified atom stereocenters. The topological polar surface area (TPSA) is 347 Å². The van der Waals surface area contributed by atoms with Gasteiger partial charge in [-0.15, -0.1) is 0 Å². The molecule has 3 aliphatic heterocycles. The minimum atomic E-state index is -1.63. The second kappa shape index (κ2) is 15.0. The van der Waals surface area contributed by atoms with E-state index in [0.29, 0.717) is 0 Å². The Bertz CT molecular complexity index is 915. The summed E-state index contributed by atoms with van der Waals surface area (Å²) in [6.07, 6.45) is -21.6. The lowest BCUT2D eigenvalue weighted by atomic mass is 9.84. The molecule has 1 saturated carbocycles. The lowest BCUT2D eigenvalue weighted by molar-refractivity contribution is -0.316. The largest absolute Gasteiger partial charge is 0.394 e. The van der Waals surface area contributed by atoms with Crippen molar-refractivity contribution in [2.75, 3.05) is 13.2 Å². The average molecular weight is 644 g/mol. The zero-order valence-corrected chi connectivity index (χ0v) is 24.3. The van der Waals surface area contributed by atoms with Crippen LogP contribution in [0.15, 0.2) is 0 Å². The fraction of sp³-hybridized carbons (Fsp3) is 1.00. The minimum Gasteiger partial charge on any atom is -0.394 e. The van der Waals surface area contributed by atoms with Gasteiger partial charge in [0, 0.05) is 18.6 Å². The summed E-state index contributed by atoms with van der Waals surface area (Å²) in [7, 11) is 0. The number of hydrogen-bond acceptors (Lipinski definition) is 19. The van der Waals surface area contributed by atoms with Gasteiger partial charge in [-0.2, -0.15) is 0 Å². The fourth-order valence-corrected chi connectivity index (χ4v) is 6.06. The smallest absolute Gasteiger partial charge is 0.187 e. The SMILES string of the molecule is CCC(O)C1OC(OC2C(N)CC(N)C(O)C2OC2OC(CO)C(O[C@H]3O[C@@H](CN)C(O)C(O)C3N)C2O)C(N)C(O)C1O. The summed E-state index contributed by atoms with van der Waals surface area (Å²) in [5.41, 5.74) is 30.1. The zero-order chi connectivity index (χ0) is 32.6. The third kappa shape index (κ3) is 7.06. The van der Waals surface area contributed by atoms with Crippen molar-refractivity contribution < 1.29 is 69.3 Å². The molecule has 44 heavy (non-hydrogen) atoms. The van der Waals surface area contributed by atoms with Gasteiger partial charge in [0.1, 0.15) is 67.1 Å². The molecular formula is C25H49N5O14. The molecule has 3 saturated heterocycles. The number of nitrogens with two attached hydrogens (primary N) is 5. The molecule has 20 atom stereocenters. The molecular weight excluding hydrogens is 594 g/mol. The number of aliphatic hydroxyl groups is 8. The van der Waals surface area contributed by atoms with E-state index in [1.54, 1.807) is 6.92 Å². The Morgan fingerprint density at radius 2 is 1.20 bits per heavy atom. The maximum atomic E-state index is 11.2. The van der Waals surface area contributed by atoms with Crippen LogP contribution in [-0.2, 0) is 28.4 Å². The summed E-state index contributed by atoms with van der Waals surface area (Å²) >= 11 is 0. The Morgan fingerprint density at radius 1 is 0.659 bits per heavy atom. The summed E-state index contributed by atoms with van der Waals surface area (Å²) in [6.45, 7) is 0.816. The van der Waals surface area contributed by atoms with Gasteiger partial charge in [-0.3, -0.25) is 0 Å². The number of aliphatic hydroxyl groups excluding tert-OH is 8. The third-order valence-corrected chi connectivity index (χ3v) is 8.87. The van der Waals surface area contributed by atoms with Crippen LogP contribution in [0.1, 0.15) is 19.8 Å². The van der Waals surface area contributed by atoms with Crippen LogP contribution in [0.4, 0.5) is 0 Å². The van der Waals surface area contributed by atoms with Gasteiger partial charge in [0.2, 0.25) is 0 Å². The predicted octanol–water partition coefficient (Wildman–Crippen LogP) is -8.08. The first-order valence-electron chi connectivity index (χ1n) is 14.8. The molecule has 0 aromatic carbocycles. The van der Waals surface area contributed by atoms with E-state index in [0.717, 1.165) is 0 Å². The van der Waals surface area contributed by atoms with Crippen LogP contribution >= 0.6 is 0 Å². The van der Waals surface area contributed by atoms with E-state index in [1.807, 2.05) is 0 Å². The fourth-order valence-electron chi connectivity index (χ4n) is 6.06. The quantitative estimate of drug-likeness (QED) is 0.105. The highest BCUT2D eigenvalue weighted by Gasteiger charge is 2.54. The van der Waals surface area contributed by atoms with Gasteiger partial charge in [-0.05, 0) is 12.8 Å². The highest BCUT2D eigenvalue weighted by Crippen LogP contribution is 2.34. The van der Waals surface area contributed by atoms with Crippen LogP contribution in [0, 0.1) is 0 Å². The normalized spacial score (nSPS) is 52.6. The molecule has 0 amide bonds. The van der Waals surface area contributed by atoms with Gasteiger partial charge < -0.3 is 97.9 Å². The van der Waals surface area contributed by atoms with Gasteiger partial charge in [-0.1, -0.05) is 6.92 Å². The van der Waals surface area contributed by atoms with E-state index >= 15 is 0 Å². The molecule has 0 bridgehead atoms. The maximum Gasteiger partial charge on any atom is 0.187 e. The Hall–Kier alpha value is -0.760. The molecule has 0 aromatic rings. The Balaban J connectivity index is 1.51. The average Bonchev–Trinajstić information content (AvgIpc) is 3.30. The van der Waals surface area contributed by atoms with Crippen molar-refractivity contribution >= 4 is 0 Å². The summed E-state index contributed by atoms with van der Waals surface area (Å²) in [5.74, 6) is 0. The highest BCUT2D eigenvalue weighted by molar-refractivity contribution is 5.02. The van der Waals surface area contributed by atoms with Crippen molar-refractivity contribution in [3.05, 3.63) is 0 Å². The van der Waals surface area contributed by atoms with E-state index < -0.39 is 129 Å². The molecule has 19 nitrogen and oxygen atoms in total. The zero-order valence-electron chi connectivity index (χ0n) is 24.3. The minimum absolute atomic E-state index is 0.0618. The van der Waals surface area contributed by atoms with Crippen molar-refractivity contribution in [2.24, 2.45) is 28.7 Å². The summed E-state index contributed by atoms with van der Waals surface area (Å²) in [4.78, 5) is 0. The van der Waals surface area contributed by atoms with Crippen LogP contribution in [0.25, 0.3) is 0 Å². The second-order valence-corrected chi connectivity index (χ2v) is 11.9. The van der Waals surface area contributed by atoms with Crippen LogP contribution in [0.5, 0.6) is 0 Å². The van der Waals surface area contributed by atoms with E-state index in [-0.39, 0.29) is 19.4 Å². The molecule has 4 fully saturated rings. The first kappa shape index (κ1) is 36.1. The first-order valence-corrected chi connectivity index (χ1v) is 14.8. The summed E-state index contributed by atoms with van der Waals surface area (Å²) in [6, 6.07) is -4.33. The van der Waals surface area contributed by atoms with Gasteiger partial charge in [-0.25, -0.2) is 0 Å². The van der Waals surface area contributed by atoms with Crippen molar-refractivity contribution in [2.45, 2.75) is 142 Å². The molecule has 3 heterocycles. The van der Waals surface area contributed by atoms with E-state index in [1.165, 1.54) is 0 Å². The molecule has 0 aromatic heterocycles. The van der Waals surface area contributed by atoms with Gasteiger partial charge in [0.05, 0.1) is 30.9 Å². The van der Waals surface area contributed by atoms with Crippen LogP contribution in [0.2, 0.25) is 0 Å². The molecule has 4 rings (SSSR count). The lowest BCUT2D eigenvalue weighted by Crippen LogP contribution is -2.68. The van der Waals surface area contributed by atoms with E-state index in [4.69, 9.17) is 57.1 Å². The molecule has 0 radical (unpaired) electrons. The van der Waals surface area contributed by atoms with Crippen molar-refractivity contribution in [3.8, 4) is 0 Å². The Kier molecular flexibility index (Phi) is 12.3. The third-order valence-electron chi connectivity index (χ3n) is 8.87. The van der Waals surface area contributed by atoms with Crippen LogP contribution < -0.4 is 28.7 Å². The number of rotatable bonds is 10. The lowest BCUT2D eigenvalue weighted by Gasteiger charge is -2.47. The second-order valence-electron chi connectivity index (χ2n) is 11.9. The van der Waals surface area contributed by atoms with Crippen LogP contribution in [-0.4, -0.2) is 176 Å². The predicted molar refractivity (Wildman–Crippen MR) is 146 cm³/mol. The van der Waals surface area contributed by atoms with Crippen molar-refractivity contribution in [1.29, 1.82) is 0 Å². The Morgan fingerprint density at radius 3 is 1.80 bits per heavy atom. The first-order chi connectivity index (χ1) is 20.7. The van der Waals surface area contributed by atoms with E-state index in [9.17, 15) is 40.9 Å². The molecule has 18 N–H and O–H groups in total. The van der Waals surface area contributed by atoms with Crippen LogP contribution in [0.3, 0.4) is 0 Å². The monoisotopic (exact) mass is 643 g/mol. The maximum absolute atomic E-state index is 11.2. The molecule has 258 valence electrons. The highest BCUT2D eigenvalue weighted by atomic mass is 16.8. The standard InChI is InChI=1S/C25H49N5O14/c1-2-8(32)20-17(37)16(36)12(30)24(42-20)41-19-7(28)3-6(27)13(33)22(19)44-25-18(38)21(10(5-31)40-25)43-23-11(29)15(35)14(34)9(4-26)39-23/h6-25,31-38H,2-5,26-30H2,1H3/t6?,7?,8?,9-,10?,11?,12?,13?,14?,15?,16?,17?,18?,19?,20?,21?,22?,23+,24?,25?/m0/s1. The number of hydrogen-bond donors (Lipinski definition) is 13. The summed E-state index contributed by atoms with van der Waals surface area (Å²) < 4.78 is 34.8. The molecule has 0 spiro atoms. The van der Waals surface area contributed by atoms with Crippen molar-refractivity contribution in [1.82, 2.24) is 0 Å². The number of ether oxygens (including phenoxy) is 6. The van der Waals surface area contributed by atoms with Gasteiger partial charge in [0.15, 0.2) is 18.9 Å². The van der Waals surface area contributed by atoms with E-state index in [2.05, 4.69) is 0 Å². The molecule has 1 aliphatic carbocycles. The summed E-state index contributed by atoms with van der Waals surface area (Å²) in [5, 5.41) is 83.9. The van der Waals surface area contributed by atoms with Gasteiger partial charge in [0.25, 0.3) is 0 Å². The molecule has 19 heteroatoms. The Labute approximate surface area is 253 Å².